The van der Waals surface area contributed by atoms with Crippen LogP contribution < -0.4 is 15.8 Å². The molecule has 0 bridgehead atoms. The summed E-state index contributed by atoms with van der Waals surface area (Å²) in [4.78, 5) is 17.6. The molecule has 1 aromatic carbocycles. The Bertz CT molecular complexity index is 693. The Morgan fingerprint density at radius 3 is 3.04 bits per heavy atom. The summed E-state index contributed by atoms with van der Waals surface area (Å²) in [5.74, 6) is 0.927. The fraction of sp³-hybridized carbons (Fsp3) is 0.400. The predicted molar refractivity (Wildman–Crippen MR) is 89.9 cm³/mol. The van der Waals surface area contributed by atoms with Crippen LogP contribution in [0.25, 0.3) is 11.5 Å². The van der Waals surface area contributed by atoms with Crippen molar-refractivity contribution in [3.8, 4) is 17.2 Å². The summed E-state index contributed by atoms with van der Waals surface area (Å²) in [5.41, 5.74) is 5.76. The SMILES string of the molecule is CN1CCNCC1c1noc(-c2ccccc2OCC(N)=O)n1.Cl. The van der Waals surface area contributed by atoms with Crippen LogP contribution in [0, 0.1) is 0 Å². The normalized spacial score (nSPS) is 18.0. The molecule has 0 aliphatic carbocycles. The number of carbonyl (C=O) groups excluding carboxylic acids is 1. The molecule has 1 aromatic heterocycles. The highest BCUT2D eigenvalue weighted by Gasteiger charge is 2.26. The fourth-order valence-electron chi connectivity index (χ4n) is 2.49. The predicted octanol–water partition coefficient (Wildman–Crippen LogP) is 0.599. The maximum absolute atomic E-state index is 10.9. The van der Waals surface area contributed by atoms with Crippen molar-refractivity contribution in [2.75, 3.05) is 33.3 Å². The first-order valence-electron chi connectivity index (χ1n) is 7.40. The summed E-state index contributed by atoms with van der Waals surface area (Å²) in [7, 11) is 2.03. The molecule has 1 amide bonds. The first-order valence-corrected chi connectivity index (χ1v) is 7.40. The van der Waals surface area contributed by atoms with E-state index in [0.29, 0.717) is 23.0 Å². The molecule has 1 fully saturated rings. The van der Waals surface area contributed by atoms with Gasteiger partial charge in [0.05, 0.1) is 11.6 Å². The Morgan fingerprint density at radius 2 is 2.29 bits per heavy atom. The van der Waals surface area contributed by atoms with Crippen LogP contribution in [0.15, 0.2) is 28.8 Å². The molecular weight excluding hydrogens is 334 g/mol. The Balaban J connectivity index is 0.00000208. The average Bonchev–Trinajstić information content (AvgIpc) is 3.03. The number of nitrogens with one attached hydrogen (secondary N) is 1. The lowest BCUT2D eigenvalue weighted by Crippen LogP contribution is -2.44. The van der Waals surface area contributed by atoms with Crippen LogP contribution in [-0.2, 0) is 4.79 Å². The van der Waals surface area contributed by atoms with E-state index in [4.69, 9.17) is 15.0 Å². The number of hydrogen-bond acceptors (Lipinski definition) is 7. The number of likely N-dealkylation sites (N-methyl/N-ethyl adjacent to an activating group) is 1. The number of hydrogen-bond donors (Lipinski definition) is 2. The van der Waals surface area contributed by atoms with Gasteiger partial charge in [0.2, 0.25) is 0 Å². The molecule has 1 unspecified atom stereocenters. The van der Waals surface area contributed by atoms with Gasteiger partial charge in [-0.2, -0.15) is 4.98 Å². The van der Waals surface area contributed by atoms with Gasteiger partial charge in [0.1, 0.15) is 5.75 Å². The lowest BCUT2D eigenvalue weighted by atomic mass is 10.2. The first-order chi connectivity index (χ1) is 11.1. The topological polar surface area (TPSA) is 107 Å². The second kappa shape index (κ2) is 8.09. The van der Waals surface area contributed by atoms with Crippen molar-refractivity contribution >= 4 is 18.3 Å². The highest BCUT2D eigenvalue weighted by atomic mass is 35.5. The van der Waals surface area contributed by atoms with Gasteiger partial charge in [-0.25, -0.2) is 0 Å². The lowest BCUT2D eigenvalue weighted by Gasteiger charge is -2.30. The molecule has 1 saturated heterocycles. The highest BCUT2D eigenvalue weighted by molar-refractivity contribution is 5.85. The summed E-state index contributed by atoms with van der Waals surface area (Å²) in [6.07, 6.45) is 0. The van der Waals surface area contributed by atoms with Gasteiger partial charge < -0.3 is 20.3 Å². The smallest absolute Gasteiger partial charge is 0.261 e. The number of rotatable bonds is 5. The number of amides is 1. The number of halogens is 1. The van der Waals surface area contributed by atoms with Crippen molar-refractivity contribution < 1.29 is 14.1 Å². The van der Waals surface area contributed by atoms with E-state index in [0.717, 1.165) is 19.6 Å². The molecule has 8 nitrogen and oxygen atoms in total. The molecule has 1 aliphatic rings. The standard InChI is InChI=1S/C15H19N5O3.ClH/c1-20-7-6-17-8-11(20)14-18-15(23-19-14)10-4-2-3-5-12(10)22-9-13(16)21;/h2-5,11,17H,6-9H2,1H3,(H2,16,21);1H. The van der Waals surface area contributed by atoms with Crippen molar-refractivity contribution in [3.05, 3.63) is 30.1 Å². The molecule has 0 radical (unpaired) electrons. The van der Waals surface area contributed by atoms with Gasteiger partial charge in [0, 0.05) is 19.6 Å². The second-order valence-electron chi connectivity index (χ2n) is 5.41. The molecule has 1 atom stereocenters. The summed E-state index contributed by atoms with van der Waals surface area (Å²) in [5, 5.41) is 7.41. The minimum atomic E-state index is -0.541. The number of piperazine rings is 1. The Labute approximate surface area is 145 Å². The number of carbonyl (C=O) groups is 1. The minimum absolute atomic E-state index is 0. The number of para-hydroxylation sites is 1. The molecule has 0 spiro atoms. The third-order valence-electron chi connectivity index (χ3n) is 3.74. The van der Waals surface area contributed by atoms with Gasteiger partial charge in [0.25, 0.3) is 11.8 Å². The highest BCUT2D eigenvalue weighted by Crippen LogP contribution is 2.30. The third-order valence-corrected chi connectivity index (χ3v) is 3.74. The van der Waals surface area contributed by atoms with Crippen LogP contribution in [0.3, 0.4) is 0 Å². The van der Waals surface area contributed by atoms with Crippen LogP contribution in [-0.4, -0.2) is 54.2 Å². The van der Waals surface area contributed by atoms with Crippen molar-refractivity contribution in [1.29, 1.82) is 0 Å². The molecule has 130 valence electrons. The zero-order chi connectivity index (χ0) is 16.2. The number of ether oxygens (including phenoxy) is 1. The van der Waals surface area contributed by atoms with E-state index in [1.807, 2.05) is 13.1 Å². The number of aromatic nitrogens is 2. The maximum atomic E-state index is 10.9. The van der Waals surface area contributed by atoms with Crippen molar-refractivity contribution in [2.24, 2.45) is 5.73 Å². The van der Waals surface area contributed by atoms with Crippen LogP contribution in [0.5, 0.6) is 5.75 Å². The molecule has 1 aliphatic heterocycles. The van der Waals surface area contributed by atoms with Crippen LogP contribution in [0.4, 0.5) is 0 Å². The van der Waals surface area contributed by atoms with Crippen molar-refractivity contribution in [3.63, 3.8) is 0 Å². The molecule has 24 heavy (non-hydrogen) atoms. The van der Waals surface area contributed by atoms with E-state index in [1.54, 1.807) is 18.2 Å². The molecule has 0 saturated carbocycles. The number of nitrogens with zero attached hydrogens (tertiary/aromatic N) is 3. The Morgan fingerprint density at radius 1 is 1.50 bits per heavy atom. The van der Waals surface area contributed by atoms with Gasteiger partial charge in [-0.15, -0.1) is 12.4 Å². The van der Waals surface area contributed by atoms with E-state index in [9.17, 15) is 4.79 Å². The van der Waals surface area contributed by atoms with Gasteiger partial charge in [-0.3, -0.25) is 9.69 Å². The maximum Gasteiger partial charge on any atom is 0.261 e. The van der Waals surface area contributed by atoms with Gasteiger partial charge in [0.15, 0.2) is 12.4 Å². The van der Waals surface area contributed by atoms with Crippen LogP contribution in [0.2, 0.25) is 0 Å². The summed E-state index contributed by atoms with van der Waals surface area (Å²) in [6.45, 7) is 2.44. The molecule has 2 heterocycles. The van der Waals surface area contributed by atoms with Gasteiger partial charge >= 0.3 is 0 Å². The summed E-state index contributed by atoms with van der Waals surface area (Å²) in [6, 6.07) is 7.24. The van der Waals surface area contributed by atoms with Crippen molar-refractivity contribution in [1.82, 2.24) is 20.4 Å². The average molecular weight is 354 g/mol. The van der Waals surface area contributed by atoms with Gasteiger partial charge in [-0.1, -0.05) is 17.3 Å². The van der Waals surface area contributed by atoms with Crippen LogP contribution in [0.1, 0.15) is 11.9 Å². The molecule has 3 N–H and O–H groups in total. The molecule has 3 rings (SSSR count). The summed E-state index contributed by atoms with van der Waals surface area (Å²) < 4.78 is 10.8. The molecule has 9 heteroatoms. The Hall–Kier alpha value is -2.16. The number of nitrogens with two attached hydrogens (primary N) is 1. The zero-order valence-electron chi connectivity index (χ0n) is 13.3. The third kappa shape index (κ3) is 4.02. The monoisotopic (exact) mass is 353 g/mol. The van der Waals surface area contributed by atoms with E-state index >= 15 is 0 Å². The van der Waals surface area contributed by atoms with Gasteiger partial charge in [-0.05, 0) is 19.2 Å². The van der Waals surface area contributed by atoms with Crippen LogP contribution >= 0.6 is 12.4 Å². The quantitative estimate of drug-likeness (QED) is 0.810. The van der Waals surface area contributed by atoms with Crippen molar-refractivity contribution in [2.45, 2.75) is 6.04 Å². The lowest BCUT2D eigenvalue weighted by molar-refractivity contribution is -0.119. The largest absolute Gasteiger partial charge is 0.483 e. The summed E-state index contributed by atoms with van der Waals surface area (Å²) >= 11 is 0. The Kier molecular flexibility index (Phi) is 6.13. The number of primary amides is 1. The van der Waals surface area contributed by atoms with E-state index in [1.165, 1.54) is 0 Å². The zero-order valence-corrected chi connectivity index (χ0v) is 14.1. The first kappa shape index (κ1) is 18.2. The fourth-order valence-corrected chi connectivity index (χ4v) is 2.49. The molecule has 2 aromatic rings. The van der Waals surface area contributed by atoms with E-state index < -0.39 is 5.91 Å². The number of benzene rings is 1. The van der Waals surface area contributed by atoms with E-state index in [2.05, 4.69) is 20.4 Å². The molecular formula is C15H20ClN5O3. The second-order valence-corrected chi connectivity index (χ2v) is 5.41. The minimum Gasteiger partial charge on any atom is -0.483 e. The van der Waals surface area contributed by atoms with E-state index in [-0.39, 0.29) is 25.1 Å².